The molecule has 2 aromatic heterocycles. The van der Waals surface area contributed by atoms with Crippen LogP contribution in [-0.4, -0.2) is 16.9 Å². The van der Waals surface area contributed by atoms with Gasteiger partial charge in [-0.3, -0.25) is 4.98 Å². The number of pyridine rings is 1. The van der Waals surface area contributed by atoms with E-state index in [2.05, 4.69) is 32.7 Å². The summed E-state index contributed by atoms with van der Waals surface area (Å²) in [4.78, 5) is 7.92. The first-order valence-electron chi connectivity index (χ1n) is 8.25. The summed E-state index contributed by atoms with van der Waals surface area (Å²) in [6.07, 6.45) is 1.81. The molecule has 2 aliphatic heterocycles. The predicted octanol–water partition coefficient (Wildman–Crippen LogP) is 4.05. The lowest BCUT2D eigenvalue weighted by Crippen LogP contribution is -2.29. The van der Waals surface area contributed by atoms with Gasteiger partial charge in [-0.25, -0.2) is 0 Å². The van der Waals surface area contributed by atoms with E-state index in [0.717, 1.165) is 22.9 Å². The normalized spacial score (nSPS) is 21.1. The van der Waals surface area contributed by atoms with Crippen LogP contribution in [0.5, 0.6) is 11.5 Å². The number of ether oxygens (including phenoxy) is 2. The Morgan fingerprint density at radius 2 is 2.04 bits per heavy atom. The lowest BCUT2D eigenvalue weighted by atomic mass is 10.0. The summed E-state index contributed by atoms with van der Waals surface area (Å²) in [5.41, 5.74) is 1.94. The van der Waals surface area contributed by atoms with Gasteiger partial charge in [-0.2, -0.15) is 0 Å². The fourth-order valence-electron chi connectivity index (χ4n) is 3.42. The Balaban J connectivity index is 1.60. The molecule has 5 rings (SSSR count). The Kier molecular flexibility index (Phi) is 3.76. The van der Waals surface area contributed by atoms with E-state index in [4.69, 9.17) is 21.7 Å². The molecule has 1 saturated heterocycles. The molecule has 0 spiro atoms. The number of benzene rings is 1. The number of thiophene rings is 1. The van der Waals surface area contributed by atoms with Crippen LogP contribution < -0.4 is 19.7 Å². The van der Waals surface area contributed by atoms with Gasteiger partial charge in [-0.15, -0.1) is 11.3 Å². The monoisotopic (exact) mass is 381 g/mol. The van der Waals surface area contributed by atoms with Gasteiger partial charge in [0.15, 0.2) is 16.6 Å². The fraction of sp³-hybridized carbons (Fsp3) is 0.158. The van der Waals surface area contributed by atoms with Crippen molar-refractivity contribution in [1.82, 2.24) is 10.3 Å². The summed E-state index contributed by atoms with van der Waals surface area (Å²) in [6, 6.07) is 16.1. The van der Waals surface area contributed by atoms with E-state index in [1.165, 1.54) is 4.88 Å². The van der Waals surface area contributed by atoms with Gasteiger partial charge < -0.3 is 19.7 Å². The van der Waals surface area contributed by atoms with Crippen LogP contribution in [0.3, 0.4) is 0 Å². The molecule has 0 saturated carbocycles. The fourth-order valence-corrected chi connectivity index (χ4v) is 4.61. The molecule has 0 amide bonds. The largest absolute Gasteiger partial charge is 0.454 e. The zero-order valence-electron chi connectivity index (χ0n) is 13.7. The minimum atomic E-state index is -0.0206. The number of hydrogen-bond acceptors (Lipinski definition) is 5. The van der Waals surface area contributed by atoms with E-state index in [1.807, 2.05) is 42.6 Å². The molecular weight excluding hydrogens is 366 g/mol. The molecule has 0 bridgehead atoms. The molecule has 0 radical (unpaired) electrons. The van der Waals surface area contributed by atoms with Gasteiger partial charge >= 0.3 is 0 Å². The van der Waals surface area contributed by atoms with E-state index in [9.17, 15) is 0 Å². The number of nitrogens with zero attached hydrogens (tertiary/aromatic N) is 2. The maximum atomic E-state index is 5.70. The van der Waals surface area contributed by atoms with Crippen LogP contribution in [0.1, 0.15) is 22.7 Å². The number of thiocarbonyl (C=S) groups is 1. The van der Waals surface area contributed by atoms with Crippen LogP contribution in [0.4, 0.5) is 5.69 Å². The topological polar surface area (TPSA) is 46.6 Å². The molecule has 26 heavy (non-hydrogen) atoms. The first kappa shape index (κ1) is 15.6. The Morgan fingerprint density at radius 3 is 2.85 bits per heavy atom. The van der Waals surface area contributed by atoms with Crippen molar-refractivity contribution in [3.05, 3.63) is 70.7 Å². The molecule has 0 unspecified atom stereocenters. The Hall–Kier alpha value is -2.64. The van der Waals surface area contributed by atoms with Gasteiger partial charge in [0.1, 0.15) is 0 Å². The zero-order chi connectivity index (χ0) is 17.5. The molecule has 3 aromatic rings. The lowest BCUT2D eigenvalue weighted by Gasteiger charge is -2.27. The number of hydrogen-bond donors (Lipinski definition) is 1. The first-order valence-corrected chi connectivity index (χ1v) is 9.54. The average Bonchev–Trinajstić information content (AvgIpc) is 3.41. The predicted molar refractivity (Wildman–Crippen MR) is 105 cm³/mol. The molecule has 1 fully saturated rings. The van der Waals surface area contributed by atoms with E-state index in [-0.39, 0.29) is 18.9 Å². The minimum Gasteiger partial charge on any atom is -0.454 e. The smallest absolute Gasteiger partial charge is 0.231 e. The van der Waals surface area contributed by atoms with Crippen molar-refractivity contribution in [2.45, 2.75) is 12.1 Å². The first-order chi connectivity index (χ1) is 12.8. The molecule has 7 heteroatoms. The van der Waals surface area contributed by atoms with Crippen molar-refractivity contribution < 1.29 is 9.47 Å². The second-order valence-electron chi connectivity index (χ2n) is 6.05. The second-order valence-corrected chi connectivity index (χ2v) is 7.42. The van der Waals surface area contributed by atoms with Gasteiger partial charge in [0, 0.05) is 22.8 Å². The van der Waals surface area contributed by atoms with Crippen molar-refractivity contribution in [2.24, 2.45) is 0 Å². The van der Waals surface area contributed by atoms with Crippen molar-refractivity contribution in [1.29, 1.82) is 0 Å². The summed E-state index contributed by atoms with van der Waals surface area (Å²) in [7, 11) is 0. The molecule has 2 atom stereocenters. The van der Waals surface area contributed by atoms with Crippen molar-refractivity contribution >= 4 is 34.4 Å². The summed E-state index contributed by atoms with van der Waals surface area (Å²) >= 11 is 7.42. The van der Waals surface area contributed by atoms with Crippen LogP contribution in [0.25, 0.3) is 0 Å². The maximum absolute atomic E-state index is 5.70. The van der Waals surface area contributed by atoms with Gasteiger partial charge in [0.2, 0.25) is 6.79 Å². The van der Waals surface area contributed by atoms with Crippen LogP contribution in [0.15, 0.2) is 60.1 Å². The highest BCUT2D eigenvalue weighted by molar-refractivity contribution is 7.80. The average molecular weight is 381 g/mol. The quantitative estimate of drug-likeness (QED) is 0.691. The molecule has 0 aliphatic carbocycles. The van der Waals surface area contributed by atoms with Gasteiger partial charge in [0.25, 0.3) is 0 Å². The number of anilines is 1. The third-order valence-corrected chi connectivity index (χ3v) is 5.82. The Morgan fingerprint density at radius 1 is 1.12 bits per heavy atom. The molecule has 2 aliphatic rings. The van der Waals surface area contributed by atoms with E-state index in [0.29, 0.717) is 5.11 Å². The summed E-state index contributed by atoms with van der Waals surface area (Å²) in [5.74, 6) is 1.51. The SMILES string of the molecule is S=C1N[C@@H](c2ccccn2)[C@H](c2cccs2)N1c1ccc2c(c1)OCO2. The molecule has 4 heterocycles. The maximum Gasteiger partial charge on any atom is 0.231 e. The third kappa shape index (κ3) is 2.51. The van der Waals surface area contributed by atoms with E-state index < -0.39 is 0 Å². The van der Waals surface area contributed by atoms with Crippen LogP contribution >= 0.6 is 23.6 Å². The summed E-state index contributed by atoms with van der Waals surface area (Å²) in [6.45, 7) is 0.256. The number of fused-ring (bicyclic) bond motifs is 1. The zero-order valence-corrected chi connectivity index (χ0v) is 15.3. The van der Waals surface area contributed by atoms with E-state index >= 15 is 0 Å². The van der Waals surface area contributed by atoms with Crippen molar-refractivity contribution in [3.8, 4) is 11.5 Å². The Labute approximate surface area is 160 Å². The van der Waals surface area contributed by atoms with Crippen molar-refractivity contribution in [3.63, 3.8) is 0 Å². The van der Waals surface area contributed by atoms with Crippen LogP contribution in [-0.2, 0) is 0 Å². The molecule has 1 aromatic carbocycles. The van der Waals surface area contributed by atoms with Gasteiger partial charge in [-0.05, 0) is 47.9 Å². The summed E-state index contributed by atoms with van der Waals surface area (Å²) in [5, 5.41) is 6.22. The summed E-state index contributed by atoms with van der Waals surface area (Å²) < 4.78 is 11.0. The van der Waals surface area contributed by atoms with Crippen LogP contribution in [0, 0.1) is 0 Å². The van der Waals surface area contributed by atoms with E-state index in [1.54, 1.807) is 11.3 Å². The molecule has 5 nitrogen and oxygen atoms in total. The number of aromatic nitrogens is 1. The van der Waals surface area contributed by atoms with Crippen LogP contribution in [0.2, 0.25) is 0 Å². The van der Waals surface area contributed by atoms with Crippen molar-refractivity contribution in [2.75, 3.05) is 11.7 Å². The number of nitrogens with one attached hydrogen (secondary N) is 1. The minimum absolute atomic E-state index is 0.0206. The third-order valence-electron chi connectivity index (χ3n) is 4.57. The lowest BCUT2D eigenvalue weighted by molar-refractivity contribution is 0.174. The Bertz CT molecular complexity index is 947. The second kappa shape index (κ2) is 6.26. The highest BCUT2D eigenvalue weighted by atomic mass is 32.1. The molecule has 130 valence electrons. The van der Waals surface area contributed by atoms with Gasteiger partial charge in [0.05, 0.1) is 17.8 Å². The highest BCUT2D eigenvalue weighted by Gasteiger charge is 2.41. The number of rotatable bonds is 3. The molecule has 1 N–H and O–H groups in total. The van der Waals surface area contributed by atoms with Gasteiger partial charge in [-0.1, -0.05) is 12.1 Å². The highest BCUT2D eigenvalue weighted by Crippen LogP contribution is 2.45. The molecular formula is C19H15N3O2S2. The standard InChI is InChI=1S/C19H15N3O2S2/c25-19-21-17(13-4-1-2-8-20-13)18(16-5-3-9-26-16)22(19)12-6-7-14-15(10-12)24-11-23-14/h1-10,17-18H,11H2,(H,21,25)/t17-,18-/m0/s1.